The third-order valence-electron chi connectivity index (χ3n) is 7.63. The maximum absolute atomic E-state index is 13.4. The molecule has 210 valence electrons. The molecule has 0 atom stereocenters. The maximum Gasteiger partial charge on any atom is 0.417 e. The predicted octanol–water partition coefficient (Wildman–Crippen LogP) is 6.08. The van der Waals surface area contributed by atoms with Crippen molar-refractivity contribution in [2.24, 2.45) is 0 Å². The number of ether oxygens (including phenoxy) is 1. The normalized spacial score (nSPS) is 17.6. The number of alkyl halides is 3. The number of fused-ring (bicyclic) bond motifs is 1. The van der Waals surface area contributed by atoms with Crippen LogP contribution in [0.5, 0.6) is 5.75 Å². The van der Waals surface area contributed by atoms with Crippen molar-refractivity contribution >= 4 is 11.6 Å². The van der Waals surface area contributed by atoms with Gasteiger partial charge in [-0.2, -0.15) is 13.2 Å². The number of benzene rings is 2. The molecule has 1 saturated heterocycles. The number of nitrogens with one attached hydrogen (secondary N) is 2. The number of hydrogen-bond acceptors (Lipinski definition) is 5. The highest BCUT2D eigenvalue weighted by Crippen LogP contribution is 2.35. The Labute approximate surface area is 232 Å². The highest BCUT2D eigenvalue weighted by molar-refractivity contribution is 5.94. The molecule has 1 fully saturated rings. The van der Waals surface area contributed by atoms with E-state index in [0.717, 1.165) is 55.2 Å². The predicted molar refractivity (Wildman–Crippen MR) is 149 cm³/mol. The first-order chi connectivity index (χ1) is 19.3. The lowest BCUT2D eigenvalue weighted by Crippen LogP contribution is -2.38. The van der Waals surface area contributed by atoms with Crippen LogP contribution in [0.25, 0.3) is 0 Å². The Kier molecular flexibility index (Phi) is 7.91. The van der Waals surface area contributed by atoms with E-state index in [4.69, 9.17) is 4.74 Å². The Bertz CT molecular complexity index is 1350. The number of carbonyl (C=O) groups is 1. The Morgan fingerprint density at radius 1 is 1.05 bits per heavy atom. The lowest BCUT2D eigenvalue weighted by Gasteiger charge is -2.34. The third-order valence-corrected chi connectivity index (χ3v) is 7.63. The number of halogens is 3. The van der Waals surface area contributed by atoms with Crippen LogP contribution in [0, 0.1) is 0 Å². The number of methoxy groups -OCH3 is 1. The highest BCUT2D eigenvalue weighted by Gasteiger charge is 2.36. The van der Waals surface area contributed by atoms with Gasteiger partial charge in [0.25, 0.3) is 5.91 Å². The van der Waals surface area contributed by atoms with Crippen molar-refractivity contribution in [2.45, 2.75) is 44.8 Å². The van der Waals surface area contributed by atoms with Gasteiger partial charge >= 0.3 is 6.18 Å². The van der Waals surface area contributed by atoms with Crippen molar-refractivity contribution < 1.29 is 22.7 Å². The van der Waals surface area contributed by atoms with Gasteiger partial charge in [-0.25, -0.2) is 0 Å². The lowest BCUT2D eigenvalue weighted by atomic mass is 9.89. The van der Waals surface area contributed by atoms with E-state index >= 15 is 0 Å². The molecule has 2 aromatic carbocycles. The number of hydrogen-bond donors (Lipinski definition) is 2. The zero-order valence-corrected chi connectivity index (χ0v) is 22.6. The molecular formula is C31H33F3N4O2. The second-order valence-electron chi connectivity index (χ2n) is 10.1. The van der Waals surface area contributed by atoms with Crippen LogP contribution in [0.15, 0.2) is 95.7 Å². The molecule has 3 heterocycles. The van der Waals surface area contributed by atoms with Gasteiger partial charge in [-0.3, -0.25) is 4.79 Å². The summed E-state index contributed by atoms with van der Waals surface area (Å²) in [6.45, 7) is 4.03. The zero-order chi connectivity index (χ0) is 28.3. The SMILES string of the molecule is CCC1=C(C(=O)NCc2ccc(N3CCC(c4ccc(OC)cc4)CC3)cc2)N2C=C(C(F)(F)F)C=CC2=CN1. The van der Waals surface area contributed by atoms with Gasteiger partial charge in [-0.05, 0) is 72.7 Å². The standard InChI is InChI=1S/C31H33F3N4O2/c1-3-28-29(38-20-24(31(32,33)34)8-11-26(38)19-35-28)30(39)36-18-21-4-9-25(10-5-21)37-16-14-23(15-17-37)22-6-12-27(40-2)13-7-22/h4-13,19-20,23,35H,3,14-18H2,1-2H3,(H,36,39). The van der Waals surface area contributed by atoms with Crippen molar-refractivity contribution in [3.05, 3.63) is 107 Å². The number of allylic oxidation sites excluding steroid dienone is 4. The fourth-order valence-electron chi connectivity index (χ4n) is 5.32. The number of anilines is 1. The maximum atomic E-state index is 13.4. The topological polar surface area (TPSA) is 56.8 Å². The molecule has 0 unspecified atom stereocenters. The van der Waals surface area contributed by atoms with Crippen molar-refractivity contribution in [1.82, 2.24) is 15.5 Å². The second kappa shape index (κ2) is 11.5. The molecule has 9 heteroatoms. The van der Waals surface area contributed by atoms with Crippen molar-refractivity contribution in [1.29, 1.82) is 0 Å². The van der Waals surface area contributed by atoms with E-state index in [1.54, 1.807) is 13.3 Å². The first-order valence-corrected chi connectivity index (χ1v) is 13.5. The number of rotatable bonds is 7. The van der Waals surface area contributed by atoms with Crippen LogP contribution >= 0.6 is 0 Å². The molecule has 5 rings (SSSR count). The van der Waals surface area contributed by atoms with E-state index in [1.165, 1.54) is 16.5 Å². The number of piperidine rings is 1. The molecule has 2 N–H and O–H groups in total. The molecule has 3 aliphatic heterocycles. The number of amides is 1. The molecular weight excluding hydrogens is 517 g/mol. The van der Waals surface area contributed by atoms with Crippen LogP contribution in [0.1, 0.15) is 43.2 Å². The Balaban J connectivity index is 1.19. The minimum Gasteiger partial charge on any atom is -0.497 e. The van der Waals surface area contributed by atoms with E-state index in [9.17, 15) is 18.0 Å². The molecule has 3 aliphatic rings. The van der Waals surface area contributed by atoms with E-state index in [-0.39, 0.29) is 12.2 Å². The molecule has 2 aromatic rings. The molecule has 0 aliphatic carbocycles. The van der Waals surface area contributed by atoms with Gasteiger partial charge < -0.3 is 25.2 Å². The van der Waals surface area contributed by atoms with Gasteiger partial charge in [0.2, 0.25) is 0 Å². The fourth-order valence-corrected chi connectivity index (χ4v) is 5.32. The molecule has 1 amide bonds. The summed E-state index contributed by atoms with van der Waals surface area (Å²) >= 11 is 0. The van der Waals surface area contributed by atoms with Gasteiger partial charge in [0.1, 0.15) is 11.4 Å². The Morgan fingerprint density at radius 3 is 2.38 bits per heavy atom. The lowest BCUT2D eigenvalue weighted by molar-refractivity contribution is -0.119. The van der Waals surface area contributed by atoms with Gasteiger partial charge in [0.15, 0.2) is 0 Å². The quantitative estimate of drug-likeness (QED) is 0.438. The van der Waals surface area contributed by atoms with Crippen LogP contribution in [0.3, 0.4) is 0 Å². The molecule has 0 spiro atoms. The summed E-state index contributed by atoms with van der Waals surface area (Å²) in [6.07, 6.45) is 3.05. The summed E-state index contributed by atoms with van der Waals surface area (Å²) in [4.78, 5) is 16.9. The monoisotopic (exact) mass is 550 g/mol. The van der Waals surface area contributed by atoms with Crippen LogP contribution in [0.4, 0.5) is 18.9 Å². The van der Waals surface area contributed by atoms with Gasteiger partial charge in [0, 0.05) is 43.4 Å². The molecule has 0 radical (unpaired) electrons. The smallest absolute Gasteiger partial charge is 0.417 e. The van der Waals surface area contributed by atoms with Gasteiger partial charge in [-0.1, -0.05) is 31.2 Å². The zero-order valence-electron chi connectivity index (χ0n) is 22.6. The van der Waals surface area contributed by atoms with Crippen molar-refractivity contribution in [3.8, 4) is 5.75 Å². The van der Waals surface area contributed by atoms with E-state index in [0.29, 0.717) is 23.7 Å². The summed E-state index contributed by atoms with van der Waals surface area (Å²) in [5, 5.41) is 5.94. The summed E-state index contributed by atoms with van der Waals surface area (Å²) in [6, 6.07) is 16.4. The highest BCUT2D eigenvalue weighted by atomic mass is 19.4. The second-order valence-corrected chi connectivity index (χ2v) is 10.1. The van der Waals surface area contributed by atoms with Crippen LogP contribution in [0.2, 0.25) is 0 Å². The summed E-state index contributed by atoms with van der Waals surface area (Å²) < 4.78 is 45.3. The summed E-state index contributed by atoms with van der Waals surface area (Å²) in [5.74, 6) is 0.960. The van der Waals surface area contributed by atoms with E-state index in [1.807, 2.05) is 31.2 Å². The molecule has 0 bridgehead atoms. The van der Waals surface area contributed by atoms with Crippen LogP contribution in [-0.2, 0) is 11.3 Å². The fraction of sp³-hybridized carbons (Fsp3) is 0.323. The van der Waals surface area contributed by atoms with E-state index < -0.39 is 17.7 Å². The average molecular weight is 551 g/mol. The third kappa shape index (κ3) is 5.88. The Hall–Kier alpha value is -4.14. The number of carbonyl (C=O) groups excluding carboxylic acids is 1. The first-order valence-electron chi connectivity index (χ1n) is 13.5. The van der Waals surface area contributed by atoms with Crippen molar-refractivity contribution in [2.75, 3.05) is 25.1 Å². The summed E-state index contributed by atoms with van der Waals surface area (Å²) in [5.41, 5.74) is 3.77. The van der Waals surface area contributed by atoms with Gasteiger partial charge in [-0.15, -0.1) is 0 Å². The van der Waals surface area contributed by atoms with Crippen LogP contribution < -0.4 is 20.3 Å². The Morgan fingerprint density at radius 2 is 1.75 bits per heavy atom. The van der Waals surface area contributed by atoms with Crippen molar-refractivity contribution in [3.63, 3.8) is 0 Å². The average Bonchev–Trinajstić information content (AvgIpc) is 2.99. The van der Waals surface area contributed by atoms with Gasteiger partial charge in [0.05, 0.1) is 18.4 Å². The largest absolute Gasteiger partial charge is 0.497 e. The number of nitrogens with zero attached hydrogens (tertiary/aromatic N) is 2. The van der Waals surface area contributed by atoms with Crippen LogP contribution in [-0.4, -0.2) is 37.2 Å². The minimum absolute atomic E-state index is 0.169. The molecule has 0 aromatic heterocycles. The first kappa shape index (κ1) is 27.4. The van der Waals surface area contributed by atoms with E-state index in [2.05, 4.69) is 39.8 Å². The molecule has 40 heavy (non-hydrogen) atoms. The summed E-state index contributed by atoms with van der Waals surface area (Å²) in [7, 11) is 1.67. The molecule has 0 saturated carbocycles. The molecule has 6 nitrogen and oxygen atoms in total. The minimum atomic E-state index is -4.51.